The van der Waals surface area contributed by atoms with Crippen LogP contribution in [0.3, 0.4) is 0 Å². The second-order valence-electron chi connectivity index (χ2n) is 0.365. The Balaban J connectivity index is -0.0000000145. The van der Waals surface area contributed by atoms with Gasteiger partial charge in [-0.05, 0) is 0 Å². The Labute approximate surface area is 131 Å². The average molecular weight is 363 g/mol. The van der Waals surface area contributed by atoms with Crippen LogP contribution >= 0.6 is 0 Å². The van der Waals surface area contributed by atoms with E-state index in [0.717, 1.165) is 0 Å². The molecule has 0 aliphatic carbocycles. The first-order chi connectivity index (χ1) is 5.66. The normalized spacial score (nSPS) is 2.00. The van der Waals surface area contributed by atoms with Crippen LogP contribution in [-0.4, -0.2) is 0 Å². The molecule has 4 nitrogen and oxygen atoms in total. The van der Waals surface area contributed by atoms with Gasteiger partial charge in [0.2, 0.25) is 0 Å². The third-order valence-electron chi connectivity index (χ3n) is 0. The number of rotatable bonds is 0. The third-order valence-corrected chi connectivity index (χ3v) is 0. The molecule has 0 saturated carbocycles. The molecule has 0 radical (unpaired) electrons. The van der Waals surface area contributed by atoms with Crippen LogP contribution in [0.25, 0.3) is 0 Å². The Morgan fingerprint density at radius 1 is 0.500 bits per heavy atom. The second-order valence-corrected chi connectivity index (χ2v) is 1.10. The molecule has 0 atom stereocenters. The maximum Gasteiger partial charge on any atom is 2.00 e. The zero-order valence-electron chi connectivity index (χ0n) is 6.84. The van der Waals surface area contributed by atoms with Crippen molar-refractivity contribution in [1.29, 1.82) is 21.0 Å². The zero-order chi connectivity index (χ0) is 10.8. The maximum absolute atomic E-state index is 7.13. The molecule has 0 bridgehead atoms. The summed E-state index contributed by atoms with van der Waals surface area (Å²) in [6, 6.07) is 0. The second kappa shape index (κ2) is 114. The summed E-state index contributed by atoms with van der Waals surface area (Å²) in [4.78, 5) is 0. The van der Waals surface area contributed by atoms with Crippen molar-refractivity contribution in [1.82, 2.24) is 0 Å². The van der Waals surface area contributed by atoms with Crippen molar-refractivity contribution in [3.05, 3.63) is 0 Å². The molecule has 0 amide bonds. The first kappa shape index (κ1) is 36.9. The van der Waals surface area contributed by atoms with Gasteiger partial charge in [0, 0.05) is 0 Å². The molecule has 0 aliphatic rings. The van der Waals surface area contributed by atoms with Gasteiger partial charge in [-0.25, -0.2) is 21.0 Å². The van der Waals surface area contributed by atoms with Crippen molar-refractivity contribution in [2.24, 2.45) is 0 Å². The van der Waals surface area contributed by atoms with Gasteiger partial charge < -0.3 is 50.5 Å². The van der Waals surface area contributed by atoms with E-state index in [1.54, 1.807) is 0 Å². The number of hydrogen-bond donors (Lipinski definition) is 0. The van der Waals surface area contributed by atoms with E-state index in [4.69, 9.17) is 21.0 Å². The summed E-state index contributed by atoms with van der Waals surface area (Å²) in [6.45, 7) is 0. The van der Waals surface area contributed by atoms with Crippen LogP contribution < -0.4 is 0 Å². The molecule has 0 rings (SSSR count). The first-order valence-corrected chi connectivity index (χ1v) is 3.34. The Hall–Kier alpha value is 0.0868. The van der Waals surface area contributed by atoms with Crippen molar-refractivity contribution in [2.45, 2.75) is 0 Å². The summed E-state index contributed by atoms with van der Waals surface area (Å²) >= 11 is 14.8. The standard InChI is InChI=1S/4CHNS.2Zn/c4*2-1-3;;/h4*3H;;/q;;;;2*+2/p-4. The molecule has 0 spiro atoms. The molecule has 0 aromatic rings. The molecule has 0 unspecified atom stereocenters. The van der Waals surface area contributed by atoms with Crippen LogP contribution in [0.2, 0.25) is 0 Å². The van der Waals surface area contributed by atoms with Gasteiger partial charge in [-0.3, -0.25) is 0 Å². The first-order valence-electron chi connectivity index (χ1n) is 1.71. The molecule has 0 N–H and O–H groups in total. The predicted octanol–water partition coefficient (Wildman–Crippen LogP) is 0.0525. The van der Waals surface area contributed by atoms with Crippen molar-refractivity contribution < 1.29 is 39.0 Å². The summed E-state index contributed by atoms with van der Waals surface area (Å²) in [5, 5.41) is 33.9. The Morgan fingerprint density at radius 2 is 0.500 bits per heavy atom. The zero-order valence-corrected chi connectivity index (χ0v) is 16.0. The fourth-order valence-electron chi connectivity index (χ4n) is 0. The van der Waals surface area contributed by atoms with E-state index in [-0.39, 0.29) is 39.0 Å². The van der Waals surface area contributed by atoms with Crippen LogP contribution in [0, 0.1) is 42.7 Å². The third kappa shape index (κ3) is 197000. The molecular weight excluding hydrogens is 363 g/mol. The fraction of sp³-hybridized carbons (Fsp3) is 0. The van der Waals surface area contributed by atoms with Crippen molar-refractivity contribution in [3.8, 4) is 21.6 Å². The number of hydrogen-bond acceptors (Lipinski definition) is 8. The molecule has 14 heavy (non-hydrogen) atoms. The van der Waals surface area contributed by atoms with Crippen LogP contribution in [0.4, 0.5) is 0 Å². The van der Waals surface area contributed by atoms with E-state index < -0.39 is 0 Å². The van der Waals surface area contributed by atoms with Gasteiger partial charge >= 0.3 is 39.0 Å². The number of thiocyanates is 4. The predicted molar refractivity (Wildman–Crippen MR) is 51.9 cm³/mol. The van der Waals surface area contributed by atoms with Crippen molar-refractivity contribution >= 4 is 50.5 Å². The molecule has 0 aromatic carbocycles. The van der Waals surface area contributed by atoms with Crippen LogP contribution in [0.15, 0.2) is 0 Å². The molecule has 0 aliphatic heterocycles. The number of nitriles is 4. The van der Waals surface area contributed by atoms with Gasteiger partial charge in [0.15, 0.2) is 0 Å². The SMILES string of the molecule is N#C[S-].N#C[S-].N#C[S-].N#C[S-].[Zn+2].[Zn+2]. The summed E-state index contributed by atoms with van der Waals surface area (Å²) < 4.78 is 0. The minimum Gasteiger partial charge on any atom is -0.696 e. The van der Waals surface area contributed by atoms with Gasteiger partial charge in [0.05, 0.1) is 0 Å². The molecule has 0 saturated heterocycles. The van der Waals surface area contributed by atoms with Gasteiger partial charge in [0.25, 0.3) is 0 Å². The van der Waals surface area contributed by atoms with E-state index in [1.165, 1.54) is 21.6 Å². The van der Waals surface area contributed by atoms with Gasteiger partial charge in [-0.1, -0.05) is 21.6 Å². The van der Waals surface area contributed by atoms with E-state index in [1.807, 2.05) is 0 Å². The molecule has 0 aromatic heterocycles. The van der Waals surface area contributed by atoms with Crippen molar-refractivity contribution in [2.75, 3.05) is 0 Å². The van der Waals surface area contributed by atoms with E-state index in [9.17, 15) is 0 Å². The summed E-state index contributed by atoms with van der Waals surface area (Å²) in [7, 11) is 0. The maximum atomic E-state index is 7.13. The Morgan fingerprint density at radius 3 is 0.500 bits per heavy atom. The van der Waals surface area contributed by atoms with E-state index >= 15 is 0 Å². The molecule has 64 valence electrons. The van der Waals surface area contributed by atoms with Crippen LogP contribution in [0.1, 0.15) is 0 Å². The minimum absolute atomic E-state index is 0. The number of nitrogens with zero attached hydrogens (tertiary/aromatic N) is 4. The molecule has 0 heterocycles. The molecule has 0 fully saturated rings. The summed E-state index contributed by atoms with van der Waals surface area (Å²) in [6.07, 6.45) is 0. The van der Waals surface area contributed by atoms with Gasteiger partial charge in [0.1, 0.15) is 0 Å². The van der Waals surface area contributed by atoms with Crippen LogP contribution in [0.5, 0.6) is 0 Å². The Bertz CT molecular complexity index is 161. The largest absolute Gasteiger partial charge is 2.00 e. The summed E-state index contributed by atoms with van der Waals surface area (Å²) in [5.74, 6) is 0. The van der Waals surface area contributed by atoms with Crippen molar-refractivity contribution in [3.63, 3.8) is 0 Å². The Kier molecular flexibility index (Phi) is 302. The smallest absolute Gasteiger partial charge is 0.696 e. The minimum atomic E-state index is 0. The van der Waals surface area contributed by atoms with Gasteiger partial charge in [-0.15, -0.1) is 0 Å². The molecule has 10 heteroatoms. The average Bonchev–Trinajstić information content (AvgIpc) is 1.92. The van der Waals surface area contributed by atoms with E-state index in [2.05, 4.69) is 50.5 Å². The topological polar surface area (TPSA) is 95.2 Å². The quantitative estimate of drug-likeness (QED) is 0.339. The fourth-order valence-corrected chi connectivity index (χ4v) is 0. The van der Waals surface area contributed by atoms with Crippen LogP contribution in [-0.2, 0) is 89.5 Å². The monoisotopic (exact) mass is 360 g/mol. The molecular formula is C4N4S4Zn2. The summed E-state index contributed by atoms with van der Waals surface area (Å²) in [5.41, 5.74) is 0. The van der Waals surface area contributed by atoms with Gasteiger partial charge in [-0.2, -0.15) is 0 Å². The van der Waals surface area contributed by atoms with E-state index in [0.29, 0.717) is 0 Å².